The van der Waals surface area contributed by atoms with E-state index in [1.807, 2.05) is 0 Å². The first-order valence-electron chi connectivity index (χ1n) is 4.46. The van der Waals surface area contributed by atoms with E-state index in [0.717, 1.165) is 19.5 Å². The minimum Gasteiger partial charge on any atom is -0.480 e. The molecule has 14 heavy (non-hydrogen) atoms. The number of rotatable bonds is 2. The van der Waals surface area contributed by atoms with Gasteiger partial charge in [0.05, 0.1) is 19.5 Å². The van der Waals surface area contributed by atoms with Crippen molar-refractivity contribution >= 4 is 5.91 Å². The van der Waals surface area contributed by atoms with Gasteiger partial charge in [-0.25, -0.2) is 9.97 Å². The Morgan fingerprint density at radius 1 is 1.43 bits per heavy atom. The van der Waals surface area contributed by atoms with Crippen LogP contribution in [0.1, 0.15) is 16.9 Å². The maximum atomic E-state index is 11.6. The minimum absolute atomic E-state index is 0.0496. The monoisotopic (exact) mass is 193 g/mol. The molecule has 0 N–H and O–H groups in total. The number of hydrogen-bond donors (Lipinski definition) is 0. The number of ether oxygens (including phenoxy) is 1. The molecule has 0 atom stereocenters. The number of likely N-dealkylation sites (tertiary alicyclic amines) is 1. The Bertz CT molecular complexity index is 332. The lowest BCUT2D eigenvalue weighted by atomic mass is 10.2. The smallest absolute Gasteiger partial charge is 0.274 e. The Hall–Kier alpha value is -1.65. The molecule has 2 heterocycles. The van der Waals surface area contributed by atoms with Crippen LogP contribution in [0.15, 0.2) is 12.4 Å². The third-order valence-corrected chi connectivity index (χ3v) is 2.20. The zero-order valence-corrected chi connectivity index (χ0v) is 7.93. The molecule has 2 rings (SSSR count). The fourth-order valence-electron chi connectivity index (χ4n) is 1.21. The van der Waals surface area contributed by atoms with E-state index in [1.165, 1.54) is 19.5 Å². The highest BCUT2D eigenvalue weighted by atomic mass is 16.5. The standard InChI is InChI=1S/C9H11N3O2/c1-14-8-6-10-7(5-11-8)9(13)12-3-2-4-12/h5-6H,2-4H2,1H3. The molecule has 5 nitrogen and oxygen atoms in total. The van der Waals surface area contributed by atoms with E-state index in [2.05, 4.69) is 9.97 Å². The van der Waals surface area contributed by atoms with E-state index < -0.39 is 0 Å². The summed E-state index contributed by atoms with van der Waals surface area (Å²) in [6.07, 6.45) is 3.97. The molecule has 74 valence electrons. The Balaban J connectivity index is 2.11. The van der Waals surface area contributed by atoms with Crippen LogP contribution in [0.5, 0.6) is 5.88 Å². The summed E-state index contributed by atoms with van der Waals surface area (Å²) in [6.45, 7) is 1.65. The van der Waals surface area contributed by atoms with Gasteiger partial charge in [0.1, 0.15) is 5.69 Å². The van der Waals surface area contributed by atoms with Crippen LogP contribution < -0.4 is 4.74 Å². The topological polar surface area (TPSA) is 55.3 Å². The van der Waals surface area contributed by atoms with Crippen molar-refractivity contribution in [2.75, 3.05) is 20.2 Å². The van der Waals surface area contributed by atoms with Crippen LogP contribution in [0.2, 0.25) is 0 Å². The van der Waals surface area contributed by atoms with Gasteiger partial charge in [-0.15, -0.1) is 0 Å². The first-order chi connectivity index (χ1) is 6.81. The summed E-state index contributed by atoms with van der Waals surface area (Å²) in [5.41, 5.74) is 0.380. The molecule has 5 heteroatoms. The summed E-state index contributed by atoms with van der Waals surface area (Å²) in [7, 11) is 1.51. The van der Waals surface area contributed by atoms with E-state index in [9.17, 15) is 4.79 Å². The number of carbonyl (C=O) groups is 1. The predicted octanol–water partition coefficient (Wildman–Crippen LogP) is 0.331. The number of aromatic nitrogens is 2. The average Bonchev–Trinajstić information content (AvgIpc) is 2.15. The van der Waals surface area contributed by atoms with Crippen LogP contribution in [0.3, 0.4) is 0 Å². The molecule has 1 aromatic rings. The lowest BCUT2D eigenvalue weighted by molar-refractivity contribution is 0.0645. The van der Waals surface area contributed by atoms with Gasteiger partial charge < -0.3 is 9.64 Å². The van der Waals surface area contributed by atoms with Crippen molar-refractivity contribution in [1.82, 2.24) is 14.9 Å². The van der Waals surface area contributed by atoms with Gasteiger partial charge in [0.15, 0.2) is 0 Å². The van der Waals surface area contributed by atoms with Crippen molar-refractivity contribution in [2.24, 2.45) is 0 Å². The summed E-state index contributed by atoms with van der Waals surface area (Å²) in [4.78, 5) is 21.3. The lowest BCUT2D eigenvalue weighted by Crippen LogP contribution is -2.42. The molecule has 1 saturated heterocycles. The minimum atomic E-state index is -0.0496. The average molecular weight is 193 g/mol. The predicted molar refractivity (Wildman–Crippen MR) is 49.1 cm³/mol. The molecule has 0 unspecified atom stereocenters. The van der Waals surface area contributed by atoms with Gasteiger partial charge in [-0.3, -0.25) is 4.79 Å². The molecule has 1 aliphatic heterocycles. The third kappa shape index (κ3) is 1.53. The van der Waals surface area contributed by atoms with E-state index in [4.69, 9.17) is 4.74 Å². The van der Waals surface area contributed by atoms with Crippen molar-refractivity contribution in [2.45, 2.75) is 6.42 Å². The highest BCUT2D eigenvalue weighted by molar-refractivity contribution is 5.92. The van der Waals surface area contributed by atoms with Crippen molar-refractivity contribution in [3.05, 3.63) is 18.1 Å². The van der Waals surface area contributed by atoms with E-state index >= 15 is 0 Å². The molecule has 0 radical (unpaired) electrons. The van der Waals surface area contributed by atoms with Crippen LogP contribution in [0.4, 0.5) is 0 Å². The van der Waals surface area contributed by atoms with Gasteiger partial charge in [0.2, 0.25) is 5.88 Å². The highest BCUT2D eigenvalue weighted by Gasteiger charge is 2.22. The van der Waals surface area contributed by atoms with Gasteiger partial charge in [0, 0.05) is 13.1 Å². The number of carbonyl (C=O) groups excluding carboxylic acids is 1. The molecule has 1 amide bonds. The number of hydrogen-bond acceptors (Lipinski definition) is 4. The van der Waals surface area contributed by atoms with Gasteiger partial charge in [-0.2, -0.15) is 0 Å². The van der Waals surface area contributed by atoms with Gasteiger partial charge in [0.25, 0.3) is 5.91 Å². The molecule has 0 bridgehead atoms. The number of amides is 1. The first kappa shape index (κ1) is 8.93. The Kier molecular flexibility index (Phi) is 2.30. The van der Waals surface area contributed by atoms with Crippen molar-refractivity contribution in [3.63, 3.8) is 0 Å². The second-order valence-electron chi connectivity index (χ2n) is 3.09. The summed E-state index contributed by atoms with van der Waals surface area (Å²) in [6, 6.07) is 0. The maximum Gasteiger partial charge on any atom is 0.274 e. The quantitative estimate of drug-likeness (QED) is 0.679. The number of methoxy groups -OCH3 is 1. The molecule has 0 saturated carbocycles. The SMILES string of the molecule is COc1cnc(C(=O)N2CCC2)cn1. The van der Waals surface area contributed by atoms with Crippen molar-refractivity contribution in [3.8, 4) is 5.88 Å². The normalized spacial score (nSPS) is 14.8. The van der Waals surface area contributed by atoms with E-state index in [-0.39, 0.29) is 5.91 Å². The van der Waals surface area contributed by atoms with Gasteiger partial charge in [-0.1, -0.05) is 0 Å². The van der Waals surface area contributed by atoms with Crippen molar-refractivity contribution in [1.29, 1.82) is 0 Å². The van der Waals surface area contributed by atoms with E-state index in [0.29, 0.717) is 11.6 Å². The molecule has 0 spiro atoms. The second kappa shape index (κ2) is 3.61. The van der Waals surface area contributed by atoms with Crippen LogP contribution >= 0.6 is 0 Å². The molecule has 1 fully saturated rings. The summed E-state index contributed by atoms with van der Waals surface area (Å²) < 4.78 is 4.85. The summed E-state index contributed by atoms with van der Waals surface area (Å²) >= 11 is 0. The van der Waals surface area contributed by atoms with Crippen LogP contribution in [0.25, 0.3) is 0 Å². The molecule has 0 aliphatic carbocycles. The molecule has 0 aromatic carbocycles. The second-order valence-corrected chi connectivity index (χ2v) is 3.09. The van der Waals surface area contributed by atoms with Crippen LogP contribution in [0, 0.1) is 0 Å². The van der Waals surface area contributed by atoms with Crippen molar-refractivity contribution < 1.29 is 9.53 Å². The molecular weight excluding hydrogens is 182 g/mol. The molecule has 1 aliphatic rings. The number of nitrogens with zero attached hydrogens (tertiary/aromatic N) is 3. The van der Waals surface area contributed by atoms with Gasteiger partial charge in [-0.05, 0) is 6.42 Å². The highest BCUT2D eigenvalue weighted by Crippen LogP contribution is 2.11. The third-order valence-electron chi connectivity index (χ3n) is 2.20. The maximum absolute atomic E-state index is 11.6. The summed E-state index contributed by atoms with van der Waals surface area (Å²) in [5.74, 6) is 0.372. The van der Waals surface area contributed by atoms with E-state index in [1.54, 1.807) is 4.90 Å². The Labute approximate surface area is 81.7 Å². The molecular formula is C9H11N3O2. The lowest BCUT2D eigenvalue weighted by Gasteiger charge is -2.30. The fraction of sp³-hybridized carbons (Fsp3) is 0.444. The van der Waals surface area contributed by atoms with Crippen LogP contribution in [-0.4, -0.2) is 41.0 Å². The fourth-order valence-corrected chi connectivity index (χ4v) is 1.21. The Morgan fingerprint density at radius 2 is 2.21 bits per heavy atom. The molecule has 1 aromatic heterocycles. The summed E-state index contributed by atoms with van der Waals surface area (Å²) in [5, 5.41) is 0. The van der Waals surface area contributed by atoms with Gasteiger partial charge >= 0.3 is 0 Å². The zero-order valence-electron chi connectivity index (χ0n) is 7.93. The first-order valence-corrected chi connectivity index (χ1v) is 4.46. The largest absolute Gasteiger partial charge is 0.480 e. The van der Waals surface area contributed by atoms with Crippen LogP contribution in [-0.2, 0) is 0 Å². The Morgan fingerprint density at radius 3 is 2.64 bits per heavy atom. The zero-order chi connectivity index (χ0) is 9.97.